The molecule has 100 valence electrons. The summed E-state index contributed by atoms with van der Waals surface area (Å²) < 4.78 is 1.02. The Hall–Kier alpha value is -1.64. The summed E-state index contributed by atoms with van der Waals surface area (Å²) in [6.45, 7) is 2.02. The van der Waals surface area contributed by atoms with Crippen molar-refractivity contribution >= 4 is 26.7 Å². The second-order valence-electron chi connectivity index (χ2n) is 4.92. The Morgan fingerprint density at radius 1 is 0.850 bits per heavy atom. The summed E-state index contributed by atoms with van der Waals surface area (Å²) >= 11 is 3.53. The minimum Gasteiger partial charge on any atom is -0.384 e. The van der Waals surface area contributed by atoms with E-state index in [1.54, 1.807) is 0 Å². The van der Waals surface area contributed by atoms with Gasteiger partial charge in [-0.05, 0) is 40.5 Å². The van der Waals surface area contributed by atoms with Crippen molar-refractivity contribution in [3.8, 4) is 0 Å². The predicted molar refractivity (Wildman–Crippen MR) is 86.9 cm³/mol. The van der Waals surface area contributed by atoms with Crippen LogP contribution in [0, 0.1) is 6.92 Å². The zero-order valence-corrected chi connectivity index (χ0v) is 12.8. The summed E-state index contributed by atoms with van der Waals surface area (Å²) in [5.41, 5.74) is 2.97. The van der Waals surface area contributed by atoms with E-state index in [0.29, 0.717) is 0 Å². The van der Waals surface area contributed by atoms with Gasteiger partial charge in [-0.15, -0.1) is 0 Å². The summed E-state index contributed by atoms with van der Waals surface area (Å²) in [6, 6.07) is 20.1. The van der Waals surface area contributed by atoms with Crippen molar-refractivity contribution in [2.24, 2.45) is 0 Å². The Morgan fingerprint density at radius 3 is 2.35 bits per heavy atom. The second-order valence-corrected chi connectivity index (χ2v) is 5.78. The normalized spacial score (nSPS) is 12.6. The van der Waals surface area contributed by atoms with Crippen molar-refractivity contribution in [2.45, 2.75) is 13.0 Å². The molecule has 3 aromatic rings. The van der Waals surface area contributed by atoms with Gasteiger partial charge in [-0.1, -0.05) is 70.5 Å². The fourth-order valence-electron chi connectivity index (χ4n) is 2.58. The molecule has 20 heavy (non-hydrogen) atoms. The Bertz CT molecular complexity index is 759. The van der Waals surface area contributed by atoms with Gasteiger partial charge >= 0.3 is 0 Å². The van der Waals surface area contributed by atoms with Gasteiger partial charge in [-0.2, -0.15) is 0 Å². The third-order valence-corrected chi connectivity index (χ3v) is 4.58. The number of aliphatic hydroxyl groups is 1. The zero-order chi connectivity index (χ0) is 14.1. The van der Waals surface area contributed by atoms with Crippen LogP contribution in [-0.2, 0) is 0 Å². The molecule has 0 bridgehead atoms. The van der Waals surface area contributed by atoms with E-state index in [2.05, 4.69) is 34.1 Å². The van der Waals surface area contributed by atoms with Crippen LogP contribution in [0.5, 0.6) is 0 Å². The third-order valence-electron chi connectivity index (χ3n) is 3.72. The number of rotatable bonds is 2. The van der Waals surface area contributed by atoms with E-state index in [0.717, 1.165) is 31.9 Å². The zero-order valence-electron chi connectivity index (χ0n) is 11.2. The highest BCUT2D eigenvalue weighted by atomic mass is 79.9. The van der Waals surface area contributed by atoms with Crippen LogP contribution in [0.4, 0.5) is 0 Å². The van der Waals surface area contributed by atoms with Gasteiger partial charge in [0, 0.05) is 4.47 Å². The van der Waals surface area contributed by atoms with E-state index >= 15 is 0 Å². The lowest BCUT2D eigenvalue weighted by Crippen LogP contribution is -2.03. The van der Waals surface area contributed by atoms with E-state index in [1.165, 1.54) is 0 Å². The molecule has 0 aliphatic heterocycles. The van der Waals surface area contributed by atoms with Crippen molar-refractivity contribution in [3.63, 3.8) is 0 Å². The number of hydrogen-bond acceptors (Lipinski definition) is 1. The Morgan fingerprint density at radius 2 is 1.50 bits per heavy atom. The maximum Gasteiger partial charge on any atom is 0.105 e. The minimum absolute atomic E-state index is 0.612. The summed E-state index contributed by atoms with van der Waals surface area (Å²) in [7, 11) is 0. The van der Waals surface area contributed by atoms with Crippen LogP contribution in [-0.4, -0.2) is 5.11 Å². The first-order valence-corrected chi connectivity index (χ1v) is 7.38. The molecule has 1 N–H and O–H groups in total. The Balaban J connectivity index is 2.18. The summed E-state index contributed by atoms with van der Waals surface area (Å²) in [5, 5.41) is 13.0. The number of fused-ring (bicyclic) bond motifs is 1. The van der Waals surface area contributed by atoms with Crippen LogP contribution >= 0.6 is 15.9 Å². The van der Waals surface area contributed by atoms with Gasteiger partial charge in [-0.3, -0.25) is 0 Å². The molecule has 0 heterocycles. The molecule has 0 fully saturated rings. The molecule has 0 aliphatic carbocycles. The fourth-order valence-corrected chi connectivity index (χ4v) is 2.96. The summed E-state index contributed by atoms with van der Waals surface area (Å²) in [6.07, 6.45) is -0.612. The molecule has 0 saturated carbocycles. The largest absolute Gasteiger partial charge is 0.384 e. The van der Waals surface area contributed by atoms with Gasteiger partial charge in [0.05, 0.1) is 0 Å². The van der Waals surface area contributed by atoms with Crippen molar-refractivity contribution in [1.29, 1.82) is 0 Å². The molecule has 0 radical (unpaired) electrons. The van der Waals surface area contributed by atoms with Gasteiger partial charge in [0.15, 0.2) is 0 Å². The van der Waals surface area contributed by atoms with E-state index in [1.807, 2.05) is 49.4 Å². The number of hydrogen-bond donors (Lipinski definition) is 1. The molecule has 0 spiro atoms. The van der Waals surface area contributed by atoms with Crippen LogP contribution in [0.1, 0.15) is 22.8 Å². The third kappa shape index (κ3) is 2.26. The summed E-state index contributed by atoms with van der Waals surface area (Å²) in [4.78, 5) is 0. The van der Waals surface area contributed by atoms with Crippen LogP contribution < -0.4 is 0 Å². The molecule has 1 nitrogen and oxygen atoms in total. The van der Waals surface area contributed by atoms with Gasteiger partial charge in [0.25, 0.3) is 0 Å². The molecule has 2 heteroatoms. The maximum absolute atomic E-state index is 10.8. The maximum atomic E-state index is 10.8. The van der Waals surface area contributed by atoms with Gasteiger partial charge in [0.2, 0.25) is 0 Å². The smallest absolute Gasteiger partial charge is 0.105 e. The molecular formula is C18H15BrO. The van der Waals surface area contributed by atoms with Crippen molar-refractivity contribution < 1.29 is 5.11 Å². The van der Waals surface area contributed by atoms with Crippen molar-refractivity contribution in [3.05, 3.63) is 81.8 Å². The van der Waals surface area contributed by atoms with Crippen LogP contribution in [0.25, 0.3) is 10.8 Å². The molecule has 3 rings (SSSR count). The van der Waals surface area contributed by atoms with Gasteiger partial charge in [0.1, 0.15) is 6.10 Å². The number of benzene rings is 3. The van der Waals surface area contributed by atoms with E-state index in [-0.39, 0.29) is 0 Å². The molecule has 0 aromatic heterocycles. The highest BCUT2D eigenvalue weighted by Crippen LogP contribution is 2.32. The molecule has 0 saturated heterocycles. The first-order chi connectivity index (χ1) is 9.68. The van der Waals surface area contributed by atoms with E-state index in [4.69, 9.17) is 0 Å². The quantitative estimate of drug-likeness (QED) is 0.703. The lowest BCUT2D eigenvalue weighted by Gasteiger charge is -2.17. The first-order valence-electron chi connectivity index (χ1n) is 6.59. The van der Waals surface area contributed by atoms with Crippen molar-refractivity contribution in [2.75, 3.05) is 0 Å². The lowest BCUT2D eigenvalue weighted by atomic mass is 9.93. The average Bonchev–Trinajstić information content (AvgIpc) is 2.49. The molecule has 0 aliphatic rings. The van der Waals surface area contributed by atoms with Gasteiger partial charge < -0.3 is 5.11 Å². The first kappa shape index (κ1) is 13.3. The SMILES string of the molecule is Cc1c(Br)cccc1C(O)c1cccc2ccccc12. The molecule has 1 atom stereocenters. The van der Waals surface area contributed by atoms with Gasteiger partial charge in [-0.25, -0.2) is 0 Å². The number of aliphatic hydroxyl groups excluding tert-OH is 1. The second kappa shape index (κ2) is 5.39. The van der Waals surface area contributed by atoms with E-state index in [9.17, 15) is 5.11 Å². The average molecular weight is 327 g/mol. The monoisotopic (exact) mass is 326 g/mol. The van der Waals surface area contributed by atoms with E-state index < -0.39 is 6.10 Å². The topological polar surface area (TPSA) is 20.2 Å². The molecule has 1 unspecified atom stereocenters. The highest BCUT2D eigenvalue weighted by molar-refractivity contribution is 9.10. The standard InChI is InChI=1S/C18H15BrO/c1-12-14(9-5-11-17(12)19)18(20)16-10-4-7-13-6-2-3-8-15(13)16/h2-11,18,20H,1H3. The number of halogens is 1. The molecular weight excluding hydrogens is 312 g/mol. The summed E-state index contributed by atoms with van der Waals surface area (Å²) in [5.74, 6) is 0. The predicted octanol–water partition coefficient (Wildman–Crippen LogP) is 4.99. The molecule has 0 amide bonds. The molecule has 3 aromatic carbocycles. The minimum atomic E-state index is -0.612. The lowest BCUT2D eigenvalue weighted by molar-refractivity contribution is 0.221. The van der Waals surface area contributed by atoms with Crippen LogP contribution in [0.2, 0.25) is 0 Å². The fraction of sp³-hybridized carbons (Fsp3) is 0.111. The Kier molecular flexibility index (Phi) is 3.60. The van der Waals surface area contributed by atoms with Crippen LogP contribution in [0.15, 0.2) is 65.1 Å². The van der Waals surface area contributed by atoms with Crippen molar-refractivity contribution in [1.82, 2.24) is 0 Å². The highest BCUT2D eigenvalue weighted by Gasteiger charge is 2.16. The Labute approximate surface area is 127 Å². The van der Waals surface area contributed by atoms with Crippen LogP contribution in [0.3, 0.4) is 0 Å².